The van der Waals surface area contributed by atoms with Crippen molar-refractivity contribution in [1.29, 1.82) is 0 Å². The van der Waals surface area contributed by atoms with Gasteiger partial charge in [-0.15, -0.1) is 0 Å². The highest BCUT2D eigenvalue weighted by atomic mass is 16.5. The van der Waals surface area contributed by atoms with Crippen molar-refractivity contribution in [2.24, 2.45) is 5.92 Å². The van der Waals surface area contributed by atoms with Gasteiger partial charge < -0.3 is 15.2 Å². The molecule has 0 radical (unpaired) electrons. The number of ether oxygens (including phenoxy) is 1. The Morgan fingerprint density at radius 1 is 1.08 bits per heavy atom. The third-order valence-electron chi connectivity index (χ3n) is 3.93. The van der Waals surface area contributed by atoms with Gasteiger partial charge in [0.2, 0.25) is 0 Å². The van der Waals surface area contributed by atoms with Gasteiger partial charge in [-0.3, -0.25) is 4.79 Å². The molecule has 1 atom stereocenters. The molecule has 0 aliphatic heterocycles. The van der Waals surface area contributed by atoms with Gasteiger partial charge in [0.15, 0.2) is 0 Å². The molecule has 1 amide bonds. The monoisotopic (exact) mass is 327 g/mol. The van der Waals surface area contributed by atoms with Gasteiger partial charge in [-0.2, -0.15) is 0 Å². The summed E-state index contributed by atoms with van der Waals surface area (Å²) in [6, 6.07) is 17.0. The lowest BCUT2D eigenvalue weighted by Crippen LogP contribution is -2.39. The molecule has 0 aliphatic rings. The predicted octanol–water partition coefficient (Wildman–Crippen LogP) is 3.40. The Morgan fingerprint density at radius 3 is 2.33 bits per heavy atom. The van der Waals surface area contributed by atoms with Crippen LogP contribution in [0.25, 0.3) is 0 Å². The minimum Gasteiger partial charge on any atom is -0.489 e. The molecular formula is C20H25NO3. The van der Waals surface area contributed by atoms with Crippen molar-refractivity contribution in [3.8, 4) is 5.75 Å². The SMILES string of the molecule is CC(C)C(CCO)NC(=O)c1ccc(COc2ccccc2)cc1. The molecular weight excluding hydrogens is 302 g/mol. The van der Waals surface area contributed by atoms with Crippen LogP contribution in [0.2, 0.25) is 0 Å². The van der Waals surface area contributed by atoms with E-state index in [1.807, 2.05) is 56.3 Å². The lowest BCUT2D eigenvalue weighted by atomic mass is 10.0. The van der Waals surface area contributed by atoms with Crippen LogP contribution < -0.4 is 10.1 Å². The number of aliphatic hydroxyl groups is 1. The van der Waals surface area contributed by atoms with Crippen molar-refractivity contribution in [2.45, 2.75) is 32.9 Å². The quantitative estimate of drug-likeness (QED) is 0.781. The van der Waals surface area contributed by atoms with E-state index in [1.165, 1.54) is 0 Å². The summed E-state index contributed by atoms with van der Waals surface area (Å²) in [5, 5.41) is 12.1. The Morgan fingerprint density at radius 2 is 1.75 bits per heavy atom. The van der Waals surface area contributed by atoms with Crippen LogP contribution in [0.4, 0.5) is 0 Å². The number of carbonyl (C=O) groups is 1. The van der Waals surface area contributed by atoms with Gasteiger partial charge in [0.25, 0.3) is 5.91 Å². The molecule has 2 aromatic rings. The summed E-state index contributed by atoms with van der Waals surface area (Å²) >= 11 is 0. The number of hydrogen-bond acceptors (Lipinski definition) is 3. The molecule has 4 nitrogen and oxygen atoms in total. The largest absolute Gasteiger partial charge is 0.489 e. The first-order chi connectivity index (χ1) is 11.6. The van der Waals surface area contributed by atoms with E-state index >= 15 is 0 Å². The van der Waals surface area contributed by atoms with Crippen molar-refractivity contribution in [3.63, 3.8) is 0 Å². The number of hydrogen-bond donors (Lipinski definition) is 2. The first kappa shape index (κ1) is 18.0. The number of rotatable bonds is 8. The average Bonchev–Trinajstić information content (AvgIpc) is 2.60. The van der Waals surface area contributed by atoms with E-state index < -0.39 is 0 Å². The topological polar surface area (TPSA) is 58.6 Å². The van der Waals surface area contributed by atoms with Crippen molar-refractivity contribution >= 4 is 5.91 Å². The molecule has 0 bridgehead atoms. The molecule has 0 heterocycles. The predicted molar refractivity (Wildman–Crippen MR) is 95.0 cm³/mol. The smallest absolute Gasteiger partial charge is 0.251 e. The lowest BCUT2D eigenvalue weighted by Gasteiger charge is -2.21. The second-order valence-corrected chi connectivity index (χ2v) is 6.13. The molecule has 0 spiro atoms. The molecule has 0 aromatic heterocycles. The van der Waals surface area contributed by atoms with E-state index in [1.54, 1.807) is 12.1 Å². The number of nitrogens with one attached hydrogen (secondary N) is 1. The maximum absolute atomic E-state index is 12.3. The Bertz CT molecular complexity index is 623. The Hall–Kier alpha value is -2.33. The number of para-hydroxylation sites is 1. The second-order valence-electron chi connectivity index (χ2n) is 6.13. The third-order valence-corrected chi connectivity index (χ3v) is 3.93. The standard InChI is InChI=1S/C20H25NO3/c1-15(2)19(12-13-22)21-20(23)17-10-8-16(9-11-17)14-24-18-6-4-3-5-7-18/h3-11,15,19,22H,12-14H2,1-2H3,(H,21,23). The first-order valence-corrected chi connectivity index (χ1v) is 8.28. The zero-order chi connectivity index (χ0) is 17.4. The molecule has 4 heteroatoms. The normalized spacial score (nSPS) is 12.0. The van der Waals surface area contributed by atoms with E-state index in [0.29, 0.717) is 18.6 Å². The summed E-state index contributed by atoms with van der Waals surface area (Å²) in [4.78, 5) is 12.3. The van der Waals surface area contributed by atoms with Crippen LogP contribution >= 0.6 is 0 Å². The Kier molecular flexibility index (Phi) is 6.82. The van der Waals surface area contributed by atoms with Crippen LogP contribution in [0.15, 0.2) is 54.6 Å². The maximum Gasteiger partial charge on any atom is 0.251 e. The van der Waals surface area contributed by atoms with Gasteiger partial charge in [-0.1, -0.05) is 44.2 Å². The average molecular weight is 327 g/mol. The van der Waals surface area contributed by atoms with Crippen molar-refractivity contribution < 1.29 is 14.6 Å². The second kappa shape index (κ2) is 9.08. The molecule has 1 unspecified atom stereocenters. The summed E-state index contributed by atoms with van der Waals surface area (Å²) < 4.78 is 5.69. The van der Waals surface area contributed by atoms with E-state index in [4.69, 9.17) is 9.84 Å². The van der Waals surface area contributed by atoms with Crippen LogP contribution in [0, 0.1) is 5.92 Å². The summed E-state index contributed by atoms with van der Waals surface area (Å²) in [6.07, 6.45) is 0.562. The highest BCUT2D eigenvalue weighted by Gasteiger charge is 2.16. The van der Waals surface area contributed by atoms with Crippen LogP contribution in [0.1, 0.15) is 36.2 Å². The summed E-state index contributed by atoms with van der Waals surface area (Å²) in [7, 11) is 0. The zero-order valence-corrected chi connectivity index (χ0v) is 14.2. The summed E-state index contributed by atoms with van der Waals surface area (Å²) in [5.41, 5.74) is 1.62. The maximum atomic E-state index is 12.3. The molecule has 2 aromatic carbocycles. The highest BCUT2D eigenvalue weighted by Crippen LogP contribution is 2.13. The van der Waals surface area contributed by atoms with Gasteiger partial charge >= 0.3 is 0 Å². The van der Waals surface area contributed by atoms with E-state index in [9.17, 15) is 4.79 Å². The lowest BCUT2D eigenvalue weighted by molar-refractivity contribution is 0.0916. The van der Waals surface area contributed by atoms with Crippen LogP contribution in [-0.4, -0.2) is 23.7 Å². The van der Waals surface area contributed by atoms with E-state index in [-0.39, 0.29) is 24.5 Å². The molecule has 0 saturated carbocycles. The number of aliphatic hydroxyl groups excluding tert-OH is 1. The minimum atomic E-state index is -0.113. The van der Waals surface area contributed by atoms with Crippen LogP contribution in [0.3, 0.4) is 0 Å². The van der Waals surface area contributed by atoms with Crippen molar-refractivity contribution in [3.05, 3.63) is 65.7 Å². The fourth-order valence-electron chi connectivity index (χ4n) is 2.40. The van der Waals surface area contributed by atoms with Crippen LogP contribution in [0.5, 0.6) is 5.75 Å². The first-order valence-electron chi connectivity index (χ1n) is 8.28. The number of benzene rings is 2. The van der Waals surface area contributed by atoms with E-state index in [2.05, 4.69) is 5.32 Å². The van der Waals surface area contributed by atoms with Gasteiger partial charge in [0, 0.05) is 18.2 Å². The molecule has 0 fully saturated rings. The number of carbonyl (C=O) groups excluding carboxylic acids is 1. The molecule has 24 heavy (non-hydrogen) atoms. The van der Waals surface area contributed by atoms with Gasteiger partial charge in [-0.25, -0.2) is 0 Å². The fourth-order valence-corrected chi connectivity index (χ4v) is 2.40. The van der Waals surface area contributed by atoms with E-state index in [0.717, 1.165) is 11.3 Å². The molecule has 2 N–H and O–H groups in total. The van der Waals surface area contributed by atoms with Crippen molar-refractivity contribution in [1.82, 2.24) is 5.32 Å². The van der Waals surface area contributed by atoms with Crippen LogP contribution in [-0.2, 0) is 6.61 Å². The molecule has 0 saturated heterocycles. The molecule has 2 rings (SSSR count). The van der Waals surface area contributed by atoms with Crippen molar-refractivity contribution in [2.75, 3.05) is 6.61 Å². The third kappa shape index (κ3) is 5.39. The fraction of sp³-hybridized carbons (Fsp3) is 0.350. The zero-order valence-electron chi connectivity index (χ0n) is 14.2. The Balaban J connectivity index is 1.92. The van der Waals surface area contributed by atoms with Gasteiger partial charge in [0.1, 0.15) is 12.4 Å². The van der Waals surface area contributed by atoms with Gasteiger partial charge in [-0.05, 0) is 42.2 Å². The minimum absolute atomic E-state index is 0.0245. The van der Waals surface area contributed by atoms with Gasteiger partial charge in [0.05, 0.1) is 0 Å². The summed E-state index contributed by atoms with van der Waals surface area (Å²) in [5.74, 6) is 0.987. The number of amides is 1. The molecule has 0 aliphatic carbocycles. The summed E-state index contributed by atoms with van der Waals surface area (Å²) in [6.45, 7) is 4.60. The highest BCUT2D eigenvalue weighted by molar-refractivity contribution is 5.94. The molecule has 128 valence electrons. The Labute approximate surface area is 143 Å².